The van der Waals surface area contributed by atoms with Crippen LogP contribution < -0.4 is 25.4 Å². The maximum atomic E-state index is 13.4. The Kier molecular flexibility index (Phi) is 6.30. The molecule has 2 aromatic heterocycles. The molecule has 0 saturated carbocycles. The summed E-state index contributed by atoms with van der Waals surface area (Å²) in [5.74, 6) is 1.01. The van der Waals surface area contributed by atoms with E-state index in [4.69, 9.17) is 20.2 Å². The molecule has 3 N–H and O–H groups in total. The number of carbonyl (C=O) groups excluding carboxylic acids is 1. The minimum atomic E-state index is -0.603. The predicted molar refractivity (Wildman–Crippen MR) is 133 cm³/mol. The zero-order valence-electron chi connectivity index (χ0n) is 19.7. The van der Waals surface area contributed by atoms with Crippen molar-refractivity contribution in [2.24, 2.45) is 0 Å². The summed E-state index contributed by atoms with van der Waals surface area (Å²) in [5, 5.41) is 3.25. The molecule has 5 rings (SSSR count). The highest BCUT2D eigenvalue weighted by Gasteiger charge is 2.32. The van der Waals surface area contributed by atoms with Crippen LogP contribution in [0.15, 0.2) is 48.7 Å². The number of methoxy groups -OCH3 is 2. The lowest BCUT2D eigenvalue weighted by molar-refractivity contribution is 0.0950. The number of carbonyl (C=O) groups is 1. The van der Waals surface area contributed by atoms with Crippen molar-refractivity contribution in [2.45, 2.75) is 6.04 Å². The van der Waals surface area contributed by atoms with E-state index in [1.54, 1.807) is 32.5 Å². The van der Waals surface area contributed by atoms with E-state index in [1.807, 2.05) is 11.0 Å². The number of nitrogens with two attached hydrogens (primary N) is 1. The van der Waals surface area contributed by atoms with Crippen molar-refractivity contribution in [1.29, 1.82) is 0 Å². The first-order chi connectivity index (χ1) is 17.5. The van der Waals surface area contributed by atoms with E-state index in [0.29, 0.717) is 59.4 Å². The van der Waals surface area contributed by atoms with Gasteiger partial charge >= 0.3 is 0 Å². The van der Waals surface area contributed by atoms with Gasteiger partial charge in [-0.1, -0.05) is 0 Å². The summed E-state index contributed by atoms with van der Waals surface area (Å²) in [4.78, 5) is 33.2. The number of nitrogens with one attached hydrogen (secondary N) is 1. The lowest BCUT2D eigenvalue weighted by Gasteiger charge is -2.36. The normalized spacial score (nSPS) is 15.6. The molecule has 11 heteroatoms. The van der Waals surface area contributed by atoms with Crippen molar-refractivity contribution in [3.63, 3.8) is 0 Å². The van der Waals surface area contributed by atoms with E-state index in [9.17, 15) is 9.18 Å². The van der Waals surface area contributed by atoms with Gasteiger partial charge in [0.1, 0.15) is 11.9 Å². The summed E-state index contributed by atoms with van der Waals surface area (Å²) in [6, 6.07) is 10.3. The number of nitrogen functional groups attached to an aromatic ring is 1. The van der Waals surface area contributed by atoms with Gasteiger partial charge in [0.25, 0.3) is 0 Å². The summed E-state index contributed by atoms with van der Waals surface area (Å²) >= 11 is 0. The van der Waals surface area contributed by atoms with E-state index < -0.39 is 11.9 Å². The van der Waals surface area contributed by atoms with E-state index >= 15 is 0 Å². The topological polar surface area (TPSA) is 128 Å². The molecular formula is C25H24FN7O3. The van der Waals surface area contributed by atoms with Crippen LogP contribution in [0.25, 0.3) is 22.4 Å². The number of halogens is 1. The van der Waals surface area contributed by atoms with Gasteiger partial charge in [-0.05, 0) is 42.5 Å². The molecule has 36 heavy (non-hydrogen) atoms. The number of rotatable bonds is 6. The molecule has 0 aliphatic carbocycles. The first-order valence-corrected chi connectivity index (χ1v) is 11.3. The summed E-state index contributed by atoms with van der Waals surface area (Å²) < 4.78 is 24.2. The van der Waals surface area contributed by atoms with Crippen LogP contribution >= 0.6 is 0 Å². The number of hydrogen-bond acceptors (Lipinski definition) is 10. The highest BCUT2D eigenvalue weighted by Crippen LogP contribution is 2.33. The average Bonchev–Trinajstić information content (AvgIpc) is 2.92. The molecule has 1 fully saturated rings. The SMILES string of the molecule is COc1ccc(-c2cnc3nc(N)nc(N4CCNCC4C(=O)c4ccc(F)cc4)c3n2)cc1OC. The van der Waals surface area contributed by atoms with Gasteiger partial charge in [-0.25, -0.2) is 14.4 Å². The Morgan fingerprint density at radius 3 is 2.61 bits per heavy atom. The van der Waals surface area contributed by atoms with E-state index in [1.165, 1.54) is 24.3 Å². The van der Waals surface area contributed by atoms with Crippen molar-refractivity contribution in [2.75, 3.05) is 44.5 Å². The number of benzene rings is 2. The number of nitrogens with zero attached hydrogens (tertiary/aromatic N) is 5. The fourth-order valence-corrected chi connectivity index (χ4v) is 4.24. The monoisotopic (exact) mass is 489 g/mol. The number of piperazine rings is 1. The second-order valence-electron chi connectivity index (χ2n) is 8.19. The van der Waals surface area contributed by atoms with E-state index in [2.05, 4.69) is 20.3 Å². The standard InChI is InChI=1S/C25H24FN7O3/c1-35-19-8-5-15(11-20(19)36-2)17-12-29-23-21(30-17)24(32-25(27)31-23)33-10-9-28-13-18(33)22(34)14-3-6-16(26)7-4-14/h3-8,11-12,18,28H,9-10,13H2,1-2H3,(H2,27,29,31,32). The summed E-state index contributed by atoms with van der Waals surface area (Å²) in [6.45, 7) is 1.48. The minimum absolute atomic E-state index is 0.0252. The van der Waals surface area contributed by atoms with Crippen LogP contribution in [0.3, 0.4) is 0 Å². The maximum absolute atomic E-state index is 13.4. The van der Waals surface area contributed by atoms with Gasteiger partial charge in [0, 0.05) is 30.8 Å². The van der Waals surface area contributed by atoms with Gasteiger partial charge in [-0.3, -0.25) is 4.79 Å². The van der Waals surface area contributed by atoms with Crippen molar-refractivity contribution < 1.29 is 18.7 Å². The highest BCUT2D eigenvalue weighted by atomic mass is 19.1. The summed E-state index contributed by atoms with van der Waals surface area (Å²) in [7, 11) is 3.13. The Hall–Kier alpha value is -4.38. The molecule has 10 nitrogen and oxygen atoms in total. The molecule has 0 bridgehead atoms. The third-order valence-electron chi connectivity index (χ3n) is 6.03. The number of anilines is 2. The Bertz CT molecular complexity index is 1430. The van der Waals surface area contributed by atoms with Crippen molar-refractivity contribution >= 4 is 28.7 Å². The van der Waals surface area contributed by atoms with Crippen LogP contribution in [-0.4, -0.2) is 65.6 Å². The molecule has 4 aromatic rings. The number of hydrogen-bond donors (Lipinski definition) is 2. The third-order valence-corrected chi connectivity index (χ3v) is 6.03. The number of ether oxygens (including phenoxy) is 2. The second-order valence-corrected chi connectivity index (χ2v) is 8.19. The molecule has 0 radical (unpaired) electrons. The van der Waals surface area contributed by atoms with Gasteiger partial charge in [0.15, 0.2) is 34.3 Å². The molecule has 1 atom stereocenters. The quantitative estimate of drug-likeness (QED) is 0.390. The molecule has 1 aliphatic heterocycles. The van der Waals surface area contributed by atoms with Crippen LogP contribution in [0.1, 0.15) is 10.4 Å². The molecule has 2 aromatic carbocycles. The van der Waals surface area contributed by atoms with Crippen LogP contribution in [0.5, 0.6) is 11.5 Å². The molecule has 3 heterocycles. The van der Waals surface area contributed by atoms with Gasteiger partial charge in [0.05, 0.1) is 26.1 Å². The highest BCUT2D eigenvalue weighted by molar-refractivity contribution is 6.03. The average molecular weight is 490 g/mol. The zero-order valence-corrected chi connectivity index (χ0v) is 19.7. The van der Waals surface area contributed by atoms with Crippen LogP contribution in [0.2, 0.25) is 0 Å². The van der Waals surface area contributed by atoms with Crippen molar-refractivity contribution in [3.05, 3.63) is 60.0 Å². The molecule has 1 saturated heterocycles. The Morgan fingerprint density at radius 1 is 1.08 bits per heavy atom. The molecular weight excluding hydrogens is 465 g/mol. The summed E-state index contributed by atoms with van der Waals surface area (Å²) in [6.07, 6.45) is 1.60. The van der Waals surface area contributed by atoms with Crippen LogP contribution in [-0.2, 0) is 0 Å². The molecule has 1 aliphatic rings. The van der Waals surface area contributed by atoms with Gasteiger partial charge in [-0.2, -0.15) is 9.97 Å². The van der Waals surface area contributed by atoms with Gasteiger partial charge in [0.2, 0.25) is 5.95 Å². The van der Waals surface area contributed by atoms with Crippen molar-refractivity contribution in [3.8, 4) is 22.8 Å². The lowest BCUT2D eigenvalue weighted by atomic mass is 10.0. The zero-order chi connectivity index (χ0) is 25.2. The molecule has 184 valence electrons. The first kappa shape index (κ1) is 23.4. The van der Waals surface area contributed by atoms with Gasteiger partial charge < -0.3 is 25.4 Å². The van der Waals surface area contributed by atoms with Crippen molar-refractivity contribution in [1.82, 2.24) is 25.3 Å². The molecule has 0 amide bonds. The van der Waals surface area contributed by atoms with Crippen LogP contribution in [0.4, 0.5) is 16.2 Å². The largest absolute Gasteiger partial charge is 0.493 e. The van der Waals surface area contributed by atoms with E-state index in [0.717, 1.165) is 5.56 Å². The van der Waals surface area contributed by atoms with Crippen LogP contribution in [0, 0.1) is 5.82 Å². The number of Topliss-reactive ketones (excluding diaryl/α,β-unsaturated/α-hetero) is 1. The second kappa shape index (κ2) is 9.70. The van der Waals surface area contributed by atoms with E-state index in [-0.39, 0.29) is 11.7 Å². The number of fused-ring (bicyclic) bond motifs is 1. The number of aromatic nitrogens is 4. The number of ketones is 1. The molecule has 0 spiro atoms. The maximum Gasteiger partial charge on any atom is 0.224 e. The fraction of sp³-hybridized carbons (Fsp3) is 0.240. The lowest BCUT2D eigenvalue weighted by Crippen LogP contribution is -2.55. The first-order valence-electron chi connectivity index (χ1n) is 11.3. The molecule has 1 unspecified atom stereocenters. The Labute approximate surface area is 206 Å². The predicted octanol–water partition coefficient (Wildman–Crippen LogP) is 2.49. The third kappa shape index (κ3) is 4.36. The Morgan fingerprint density at radius 2 is 1.86 bits per heavy atom. The van der Waals surface area contributed by atoms with Gasteiger partial charge in [-0.15, -0.1) is 0 Å². The fourth-order valence-electron chi connectivity index (χ4n) is 4.24. The minimum Gasteiger partial charge on any atom is -0.493 e. The summed E-state index contributed by atoms with van der Waals surface area (Å²) in [5.41, 5.74) is 8.46. The smallest absolute Gasteiger partial charge is 0.224 e. The Balaban J connectivity index is 1.59.